The van der Waals surface area contributed by atoms with Gasteiger partial charge < -0.3 is 19.6 Å². The monoisotopic (exact) mass is 212 g/mol. The maximum atomic E-state index is 11.5. The molecule has 1 fully saturated rings. The molecule has 7 heteroatoms. The third-order valence-corrected chi connectivity index (χ3v) is 2.09. The number of nitrogens with zero attached hydrogens (tertiary/aromatic N) is 2. The van der Waals surface area contributed by atoms with Crippen LogP contribution in [0.25, 0.3) is 0 Å². The number of aromatic carboxylic acids is 1. The number of likely N-dealkylation sites (tertiary alicyclic amines) is 1. The Morgan fingerprint density at radius 1 is 1.53 bits per heavy atom. The first-order chi connectivity index (χ1) is 7.08. The van der Waals surface area contributed by atoms with E-state index in [0.29, 0.717) is 0 Å². The number of amides is 1. The Morgan fingerprint density at radius 2 is 2.20 bits per heavy atom. The number of rotatable bonds is 2. The summed E-state index contributed by atoms with van der Waals surface area (Å²) >= 11 is 0. The number of hydrogen-bond acceptors (Lipinski definition) is 5. The predicted molar refractivity (Wildman–Crippen MR) is 45.4 cm³/mol. The second kappa shape index (κ2) is 3.35. The van der Waals surface area contributed by atoms with Crippen LogP contribution in [0.3, 0.4) is 0 Å². The topological polar surface area (TPSA) is 104 Å². The molecule has 2 N–H and O–H groups in total. The highest BCUT2D eigenvalue weighted by Gasteiger charge is 2.31. The number of carboxylic acid groups (broad SMARTS) is 1. The molecule has 1 saturated heterocycles. The lowest BCUT2D eigenvalue weighted by Crippen LogP contribution is -2.53. The van der Waals surface area contributed by atoms with Crippen LogP contribution in [0, 0.1) is 0 Å². The van der Waals surface area contributed by atoms with Crippen LogP contribution < -0.4 is 0 Å². The summed E-state index contributed by atoms with van der Waals surface area (Å²) in [5.41, 5.74) is -0.0562. The fourth-order valence-electron chi connectivity index (χ4n) is 1.26. The average Bonchev–Trinajstić information content (AvgIpc) is 2.60. The second-order valence-electron chi connectivity index (χ2n) is 3.25. The summed E-state index contributed by atoms with van der Waals surface area (Å²) in [6, 6.07) is 1.06. The smallest absolute Gasteiger partial charge is 0.374 e. The van der Waals surface area contributed by atoms with Crippen LogP contribution in [0.4, 0.5) is 0 Å². The van der Waals surface area contributed by atoms with Crippen molar-refractivity contribution in [3.05, 3.63) is 17.5 Å². The van der Waals surface area contributed by atoms with Crippen LogP contribution in [-0.4, -0.2) is 51.3 Å². The zero-order valence-corrected chi connectivity index (χ0v) is 7.58. The van der Waals surface area contributed by atoms with Gasteiger partial charge in [0.1, 0.15) is 0 Å². The van der Waals surface area contributed by atoms with Crippen molar-refractivity contribution in [2.45, 2.75) is 6.10 Å². The largest absolute Gasteiger partial charge is 0.475 e. The Kier molecular flexibility index (Phi) is 2.16. The Balaban J connectivity index is 2.09. The number of carbonyl (C=O) groups excluding carboxylic acids is 1. The van der Waals surface area contributed by atoms with E-state index in [2.05, 4.69) is 9.68 Å². The van der Waals surface area contributed by atoms with E-state index >= 15 is 0 Å². The van der Waals surface area contributed by atoms with Gasteiger partial charge in [0.25, 0.3) is 5.91 Å². The van der Waals surface area contributed by atoms with Gasteiger partial charge in [-0.3, -0.25) is 4.79 Å². The van der Waals surface area contributed by atoms with E-state index in [0.717, 1.165) is 6.07 Å². The first-order valence-corrected chi connectivity index (χ1v) is 4.25. The average molecular weight is 212 g/mol. The molecule has 1 aliphatic heterocycles. The minimum Gasteiger partial charge on any atom is -0.475 e. The van der Waals surface area contributed by atoms with Crippen molar-refractivity contribution < 1.29 is 24.3 Å². The summed E-state index contributed by atoms with van der Waals surface area (Å²) in [6.45, 7) is 0.488. The lowest BCUT2D eigenvalue weighted by Gasteiger charge is -2.35. The molecule has 80 valence electrons. The molecule has 7 nitrogen and oxygen atoms in total. The van der Waals surface area contributed by atoms with Gasteiger partial charge in [0, 0.05) is 19.2 Å². The Morgan fingerprint density at radius 3 is 2.67 bits per heavy atom. The summed E-state index contributed by atoms with van der Waals surface area (Å²) < 4.78 is 4.43. The molecule has 0 aromatic carbocycles. The third kappa shape index (κ3) is 1.68. The highest BCUT2D eigenvalue weighted by molar-refractivity contribution is 5.95. The number of carbonyl (C=O) groups is 2. The van der Waals surface area contributed by atoms with E-state index < -0.39 is 18.0 Å². The first-order valence-electron chi connectivity index (χ1n) is 4.25. The van der Waals surface area contributed by atoms with E-state index in [4.69, 9.17) is 10.2 Å². The van der Waals surface area contributed by atoms with Gasteiger partial charge in [-0.2, -0.15) is 0 Å². The predicted octanol–water partition coefficient (Wildman–Crippen LogP) is -0.810. The fourth-order valence-corrected chi connectivity index (χ4v) is 1.26. The molecule has 0 bridgehead atoms. The van der Waals surface area contributed by atoms with Gasteiger partial charge in [0.2, 0.25) is 5.76 Å². The van der Waals surface area contributed by atoms with E-state index in [1.54, 1.807) is 0 Å². The molecule has 0 spiro atoms. The SMILES string of the molecule is O=C(O)c1cc(C(=O)N2CC(O)C2)no1. The summed E-state index contributed by atoms with van der Waals surface area (Å²) in [5.74, 6) is -2.08. The van der Waals surface area contributed by atoms with Crippen molar-refractivity contribution in [2.75, 3.05) is 13.1 Å². The number of aromatic nitrogens is 1. The van der Waals surface area contributed by atoms with Crippen LogP contribution in [0.1, 0.15) is 21.0 Å². The van der Waals surface area contributed by atoms with Gasteiger partial charge in [-0.15, -0.1) is 0 Å². The van der Waals surface area contributed by atoms with Gasteiger partial charge in [0.15, 0.2) is 5.69 Å². The molecule has 1 aromatic heterocycles. The minimum absolute atomic E-state index is 0.0562. The van der Waals surface area contributed by atoms with Crippen molar-refractivity contribution >= 4 is 11.9 Å². The van der Waals surface area contributed by atoms with E-state index in [1.807, 2.05) is 0 Å². The standard InChI is InChI=1S/C8H8N2O5/c11-4-2-10(3-4)7(12)5-1-6(8(13)14)15-9-5/h1,4,11H,2-3H2,(H,13,14). The molecule has 1 aromatic rings. The second-order valence-corrected chi connectivity index (χ2v) is 3.25. The van der Waals surface area contributed by atoms with Gasteiger partial charge in [0.05, 0.1) is 6.10 Å². The Bertz CT molecular complexity index is 407. The summed E-state index contributed by atoms with van der Waals surface area (Å²) in [4.78, 5) is 23.3. The molecular formula is C8H8N2O5. The first kappa shape index (κ1) is 9.66. The molecule has 0 radical (unpaired) electrons. The van der Waals surface area contributed by atoms with Gasteiger partial charge in [-0.25, -0.2) is 4.79 Å². The van der Waals surface area contributed by atoms with Crippen LogP contribution in [0.15, 0.2) is 10.6 Å². The number of β-amino-alcohol motifs (C(OH)–C–C–N with tert-alkyl or cyclic N) is 1. The number of aliphatic hydroxyl groups excluding tert-OH is 1. The van der Waals surface area contributed by atoms with Gasteiger partial charge in [-0.05, 0) is 0 Å². The van der Waals surface area contributed by atoms with Crippen LogP contribution in [0.5, 0.6) is 0 Å². The fraction of sp³-hybridized carbons (Fsp3) is 0.375. The lowest BCUT2D eigenvalue weighted by atomic mass is 10.1. The van der Waals surface area contributed by atoms with Crippen molar-refractivity contribution in [3.63, 3.8) is 0 Å². The Labute approximate surface area is 83.9 Å². The molecule has 0 unspecified atom stereocenters. The third-order valence-electron chi connectivity index (χ3n) is 2.09. The lowest BCUT2D eigenvalue weighted by molar-refractivity contribution is 0.00524. The molecule has 15 heavy (non-hydrogen) atoms. The van der Waals surface area contributed by atoms with Crippen molar-refractivity contribution in [3.8, 4) is 0 Å². The number of carboxylic acids is 1. The summed E-state index contributed by atoms with van der Waals surface area (Å²) in [5, 5.41) is 20.8. The van der Waals surface area contributed by atoms with Crippen molar-refractivity contribution in [1.29, 1.82) is 0 Å². The molecule has 0 atom stereocenters. The number of aliphatic hydroxyl groups is 1. The number of hydrogen-bond donors (Lipinski definition) is 2. The molecule has 1 aliphatic rings. The summed E-state index contributed by atoms with van der Waals surface area (Å²) in [6.07, 6.45) is -0.500. The Hall–Kier alpha value is -1.89. The molecular weight excluding hydrogens is 204 g/mol. The normalized spacial score (nSPS) is 16.2. The minimum atomic E-state index is -1.27. The molecule has 1 amide bonds. The quantitative estimate of drug-likeness (QED) is 0.664. The maximum absolute atomic E-state index is 11.5. The van der Waals surface area contributed by atoms with Crippen molar-refractivity contribution in [2.24, 2.45) is 0 Å². The molecule has 2 heterocycles. The highest BCUT2D eigenvalue weighted by Crippen LogP contribution is 2.13. The van der Waals surface area contributed by atoms with Crippen molar-refractivity contribution in [1.82, 2.24) is 10.1 Å². The van der Waals surface area contributed by atoms with Crippen LogP contribution in [0.2, 0.25) is 0 Å². The van der Waals surface area contributed by atoms with Gasteiger partial charge >= 0.3 is 5.97 Å². The molecule has 0 aliphatic carbocycles. The summed E-state index contributed by atoms with van der Waals surface area (Å²) in [7, 11) is 0. The van der Waals surface area contributed by atoms with Crippen LogP contribution in [-0.2, 0) is 0 Å². The molecule has 0 saturated carbocycles. The van der Waals surface area contributed by atoms with E-state index in [-0.39, 0.29) is 24.5 Å². The van der Waals surface area contributed by atoms with Crippen LogP contribution >= 0.6 is 0 Å². The molecule has 2 rings (SSSR count). The van der Waals surface area contributed by atoms with E-state index in [1.165, 1.54) is 4.90 Å². The highest BCUT2D eigenvalue weighted by atomic mass is 16.5. The zero-order valence-electron chi connectivity index (χ0n) is 7.58. The maximum Gasteiger partial charge on any atom is 0.374 e. The van der Waals surface area contributed by atoms with Gasteiger partial charge in [-0.1, -0.05) is 5.16 Å². The zero-order chi connectivity index (χ0) is 11.0. The van der Waals surface area contributed by atoms with E-state index in [9.17, 15) is 9.59 Å².